The number of carbonyl (C=O) groups excluding carboxylic acids is 3. The second kappa shape index (κ2) is 8.22. The summed E-state index contributed by atoms with van der Waals surface area (Å²) in [7, 11) is 0. The van der Waals surface area contributed by atoms with Gasteiger partial charge in [-0.3, -0.25) is 9.59 Å². The highest BCUT2D eigenvalue weighted by molar-refractivity contribution is 6.54. The molecule has 2 aromatic carbocycles. The lowest BCUT2D eigenvalue weighted by molar-refractivity contribution is -0.120. The summed E-state index contributed by atoms with van der Waals surface area (Å²) in [6.45, 7) is 1.97. The highest BCUT2D eigenvalue weighted by Gasteiger charge is 2.39. The van der Waals surface area contributed by atoms with Crippen LogP contribution in [-0.2, 0) is 14.3 Å². The lowest BCUT2D eigenvalue weighted by Crippen LogP contribution is -2.32. The van der Waals surface area contributed by atoms with Crippen LogP contribution in [0.2, 0.25) is 10.0 Å². The highest BCUT2D eigenvalue weighted by atomic mass is 35.5. The molecule has 0 atom stereocenters. The number of benzene rings is 2. The van der Waals surface area contributed by atoms with Crippen molar-refractivity contribution in [2.45, 2.75) is 6.92 Å². The molecule has 0 aromatic heterocycles. The van der Waals surface area contributed by atoms with Crippen LogP contribution in [0.15, 0.2) is 53.2 Å². The maximum absolute atomic E-state index is 12.8. The number of anilines is 2. The van der Waals surface area contributed by atoms with Crippen LogP contribution in [0.3, 0.4) is 0 Å². The summed E-state index contributed by atoms with van der Waals surface area (Å²) in [5.41, 5.74) is 0.846. The topological polar surface area (TPSA) is 75.7 Å². The lowest BCUT2D eigenvalue weighted by Gasteiger charge is -2.17. The molecule has 0 bridgehead atoms. The van der Waals surface area contributed by atoms with Crippen molar-refractivity contribution in [2.24, 2.45) is 0 Å². The molecule has 6 nitrogen and oxygen atoms in total. The highest BCUT2D eigenvalue weighted by Crippen LogP contribution is 2.35. The number of carbonyl (C=O) groups is 3. The normalized spacial score (nSPS) is 13.9. The van der Waals surface area contributed by atoms with E-state index in [9.17, 15) is 14.4 Å². The molecule has 2 amide bonds. The zero-order valence-electron chi connectivity index (χ0n) is 14.5. The Kier molecular flexibility index (Phi) is 5.93. The van der Waals surface area contributed by atoms with E-state index in [1.54, 1.807) is 19.1 Å². The largest absolute Gasteiger partial charge is 0.462 e. The molecule has 28 heavy (non-hydrogen) atoms. The standard InChI is InChI=1S/C19H13Cl3N2O4/c1-2-28-19(27)10-3-6-12(7-4-10)23-16-15(22)17(25)24(18(16)26)14-9-11(20)5-8-13(14)21/h3-9,23H,2H2,1H3. The summed E-state index contributed by atoms with van der Waals surface area (Å²) >= 11 is 18.1. The molecule has 0 unspecified atom stereocenters. The number of rotatable bonds is 5. The smallest absolute Gasteiger partial charge is 0.338 e. The average molecular weight is 440 g/mol. The molecule has 0 saturated heterocycles. The Balaban J connectivity index is 1.85. The summed E-state index contributed by atoms with van der Waals surface area (Å²) in [6.07, 6.45) is 0. The number of imide groups is 1. The van der Waals surface area contributed by atoms with Crippen molar-refractivity contribution in [1.29, 1.82) is 0 Å². The Bertz CT molecular complexity index is 1000. The summed E-state index contributed by atoms with van der Waals surface area (Å²) in [5, 5.41) is 3.02. The molecule has 0 spiro atoms. The minimum atomic E-state index is -0.721. The van der Waals surface area contributed by atoms with Gasteiger partial charge in [0, 0.05) is 10.7 Å². The minimum Gasteiger partial charge on any atom is -0.462 e. The Hall–Kier alpha value is -2.54. The van der Waals surface area contributed by atoms with E-state index < -0.39 is 17.8 Å². The molecule has 0 radical (unpaired) electrons. The molecule has 0 fully saturated rings. The first kappa shape index (κ1) is 20.2. The number of nitrogens with zero attached hydrogens (tertiary/aromatic N) is 1. The van der Waals surface area contributed by atoms with E-state index in [0.29, 0.717) is 16.3 Å². The minimum absolute atomic E-state index is 0.105. The second-order valence-corrected chi connectivity index (χ2v) is 6.87. The van der Waals surface area contributed by atoms with Crippen LogP contribution >= 0.6 is 34.8 Å². The lowest BCUT2D eigenvalue weighted by atomic mass is 10.2. The predicted molar refractivity (Wildman–Crippen MR) is 108 cm³/mol. The summed E-state index contributed by atoms with van der Waals surface area (Å²) in [5.74, 6) is -1.85. The number of nitrogens with one attached hydrogen (secondary N) is 1. The fraction of sp³-hybridized carbons (Fsp3) is 0.105. The van der Waals surface area contributed by atoms with Crippen LogP contribution in [0.25, 0.3) is 0 Å². The Morgan fingerprint density at radius 2 is 1.71 bits per heavy atom. The summed E-state index contributed by atoms with van der Waals surface area (Å²) < 4.78 is 4.91. The molecule has 2 aromatic rings. The van der Waals surface area contributed by atoms with Crippen molar-refractivity contribution in [3.8, 4) is 0 Å². The van der Waals surface area contributed by atoms with Gasteiger partial charge in [0.1, 0.15) is 10.7 Å². The van der Waals surface area contributed by atoms with E-state index in [0.717, 1.165) is 4.90 Å². The molecule has 1 heterocycles. The van der Waals surface area contributed by atoms with Crippen LogP contribution in [0, 0.1) is 0 Å². The van der Waals surface area contributed by atoms with Crippen molar-refractivity contribution in [2.75, 3.05) is 16.8 Å². The third kappa shape index (κ3) is 3.85. The molecule has 3 rings (SSSR count). The van der Waals surface area contributed by atoms with Gasteiger partial charge in [-0.05, 0) is 49.4 Å². The van der Waals surface area contributed by atoms with E-state index in [4.69, 9.17) is 39.5 Å². The molecule has 144 valence electrons. The number of halogens is 3. The van der Waals surface area contributed by atoms with E-state index in [1.165, 1.54) is 30.3 Å². The molecule has 0 saturated carbocycles. The predicted octanol–water partition coefficient (Wildman–Crippen LogP) is 4.61. The van der Waals surface area contributed by atoms with E-state index >= 15 is 0 Å². The maximum atomic E-state index is 12.8. The number of hydrogen-bond acceptors (Lipinski definition) is 5. The first-order valence-corrected chi connectivity index (χ1v) is 9.24. The molecule has 1 aliphatic heterocycles. The SMILES string of the molecule is CCOC(=O)c1ccc(NC2=C(Cl)C(=O)N(c3cc(Cl)ccc3Cl)C2=O)cc1. The number of esters is 1. The van der Waals surface area contributed by atoms with E-state index in [2.05, 4.69) is 5.32 Å². The van der Waals surface area contributed by atoms with Crippen LogP contribution in [0.4, 0.5) is 11.4 Å². The quantitative estimate of drug-likeness (QED) is 0.544. The van der Waals surface area contributed by atoms with Gasteiger partial charge in [0.15, 0.2) is 0 Å². The molecule has 0 aliphatic carbocycles. The van der Waals surface area contributed by atoms with Gasteiger partial charge in [-0.1, -0.05) is 34.8 Å². The maximum Gasteiger partial charge on any atom is 0.338 e. The number of hydrogen-bond donors (Lipinski definition) is 1. The van der Waals surface area contributed by atoms with Crippen molar-refractivity contribution in [3.63, 3.8) is 0 Å². The zero-order chi connectivity index (χ0) is 20.4. The fourth-order valence-corrected chi connectivity index (χ4v) is 3.12. The summed E-state index contributed by atoms with van der Waals surface area (Å²) in [4.78, 5) is 37.8. The number of amides is 2. The monoisotopic (exact) mass is 438 g/mol. The van der Waals surface area contributed by atoms with Crippen LogP contribution < -0.4 is 10.2 Å². The van der Waals surface area contributed by atoms with Gasteiger partial charge >= 0.3 is 5.97 Å². The zero-order valence-corrected chi connectivity index (χ0v) is 16.7. The molecule has 9 heteroatoms. The van der Waals surface area contributed by atoms with Crippen molar-refractivity contribution in [3.05, 3.63) is 68.8 Å². The molecular formula is C19H13Cl3N2O4. The Morgan fingerprint density at radius 1 is 1.04 bits per heavy atom. The Morgan fingerprint density at radius 3 is 2.36 bits per heavy atom. The molecular weight excluding hydrogens is 427 g/mol. The second-order valence-electron chi connectivity index (χ2n) is 5.65. The van der Waals surface area contributed by atoms with Crippen LogP contribution in [-0.4, -0.2) is 24.4 Å². The molecule has 1 aliphatic rings. The van der Waals surface area contributed by atoms with Gasteiger partial charge in [0.25, 0.3) is 11.8 Å². The number of ether oxygens (including phenoxy) is 1. The van der Waals surface area contributed by atoms with Gasteiger partial charge in [-0.15, -0.1) is 0 Å². The van der Waals surface area contributed by atoms with E-state index in [1.807, 2.05) is 0 Å². The van der Waals surface area contributed by atoms with E-state index in [-0.39, 0.29) is 28.0 Å². The summed E-state index contributed by atoms with van der Waals surface area (Å²) in [6, 6.07) is 10.6. The molecule has 1 N–H and O–H groups in total. The van der Waals surface area contributed by atoms with Gasteiger partial charge in [0.05, 0.1) is 22.9 Å². The first-order valence-electron chi connectivity index (χ1n) is 8.11. The van der Waals surface area contributed by atoms with Gasteiger partial charge in [0.2, 0.25) is 0 Å². The van der Waals surface area contributed by atoms with Gasteiger partial charge in [-0.2, -0.15) is 0 Å². The van der Waals surface area contributed by atoms with Gasteiger partial charge < -0.3 is 10.1 Å². The van der Waals surface area contributed by atoms with Crippen molar-refractivity contribution in [1.82, 2.24) is 0 Å². The Labute approximate surface area is 175 Å². The third-order valence-corrected chi connectivity index (χ3v) is 4.75. The van der Waals surface area contributed by atoms with Gasteiger partial charge in [-0.25, -0.2) is 9.69 Å². The first-order chi connectivity index (χ1) is 13.3. The van der Waals surface area contributed by atoms with Crippen LogP contribution in [0.1, 0.15) is 17.3 Å². The van der Waals surface area contributed by atoms with Crippen LogP contribution in [0.5, 0.6) is 0 Å². The average Bonchev–Trinajstić information content (AvgIpc) is 2.88. The van der Waals surface area contributed by atoms with Crippen molar-refractivity contribution < 1.29 is 19.1 Å². The fourth-order valence-electron chi connectivity index (χ4n) is 2.54. The van der Waals surface area contributed by atoms with Crippen molar-refractivity contribution >= 4 is 64.0 Å². The third-order valence-electron chi connectivity index (χ3n) is 3.84.